The van der Waals surface area contributed by atoms with Crippen LogP contribution in [0.4, 0.5) is 27.8 Å². The molecule has 41 heavy (non-hydrogen) atoms. The predicted molar refractivity (Wildman–Crippen MR) is 133 cm³/mol. The van der Waals surface area contributed by atoms with Gasteiger partial charge in [-0.3, -0.25) is 9.59 Å². The number of halogens is 5. The Morgan fingerprint density at radius 1 is 1.20 bits per heavy atom. The number of carbonyl (C=O) groups is 2. The van der Waals surface area contributed by atoms with Gasteiger partial charge in [0.05, 0.1) is 23.5 Å². The summed E-state index contributed by atoms with van der Waals surface area (Å²) in [6.45, 7) is -1.43. The lowest BCUT2D eigenvalue weighted by Crippen LogP contribution is -2.53. The standard InChI is InChI=1S/C25H21F5N4O6S/c1-41(37,38)11-20(35)31-22-21-18(33-34(22)13-2-5-16(26)17(27)8-13)10-24(32-23(21)36)6-7-39-19-9-14(3-4-15(19)24)40-12-25(28,29)30/h2-5,8-9H,6-7,10-12H2,1H3,(H,31,35)(H,32,36)/t24-/m0/s1. The molecule has 0 fully saturated rings. The van der Waals surface area contributed by atoms with E-state index >= 15 is 0 Å². The molecule has 1 aromatic heterocycles. The van der Waals surface area contributed by atoms with Crippen molar-refractivity contribution in [3.05, 3.63) is 64.9 Å². The third-order valence-electron chi connectivity index (χ3n) is 6.46. The summed E-state index contributed by atoms with van der Waals surface area (Å²) in [6.07, 6.45) is -3.46. The number of amides is 2. The molecular formula is C25H21F5N4O6S. The molecular weight excluding hydrogens is 579 g/mol. The molecule has 3 aromatic rings. The quantitative estimate of drug-likeness (QED) is 0.417. The van der Waals surface area contributed by atoms with Crippen molar-refractivity contribution >= 4 is 27.5 Å². The molecule has 0 bridgehead atoms. The molecule has 3 heterocycles. The van der Waals surface area contributed by atoms with Gasteiger partial charge in [0, 0.05) is 36.8 Å². The number of hydrogen-bond donors (Lipinski definition) is 2. The average Bonchev–Trinajstić information content (AvgIpc) is 3.21. The van der Waals surface area contributed by atoms with Gasteiger partial charge in [-0.2, -0.15) is 18.3 Å². The van der Waals surface area contributed by atoms with E-state index in [9.17, 15) is 40.0 Å². The van der Waals surface area contributed by atoms with Crippen molar-refractivity contribution in [1.82, 2.24) is 15.1 Å². The first-order valence-corrected chi connectivity index (χ1v) is 14.0. The lowest BCUT2D eigenvalue weighted by molar-refractivity contribution is -0.153. The first-order valence-electron chi connectivity index (χ1n) is 12.0. The Bertz CT molecular complexity index is 1670. The Labute approximate surface area is 229 Å². The molecule has 218 valence electrons. The maximum absolute atomic E-state index is 14.1. The van der Waals surface area contributed by atoms with Gasteiger partial charge in [-0.1, -0.05) is 0 Å². The van der Waals surface area contributed by atoms with Crippen LogP contribution in [0.15, 0.2) is 36.4 Å². The first kappa shape index (κ1) is 28.3. The van der Waals surface area contributed by atoms with E-state index in [1.165, 1.54) is 18.2 Å². The van der Waals surface area contributed by atoms with Crippen LogP contribution in [0.2, 0.25) is 0 Å². The number of aromatic nitrogens is 2. The summed E-state index contributed by atoms with van der Waals surface area (Å²) in [5, 5.41) is 9.63. The van der Waals surface area contributed by atoms with E-state index in [1.807, 2.05) is 0 Å². The number of anilines is 1. The number of alkyl halides is 3. The zero-order chi connectivity index (χ0) is 29.7. The molecule has 2 aliphatic rings. The highest BCUT2D eigenvalue weighted by molar-refractivity contribution is 7.91. The second-order valence-electron chi connectivity index (χ2n) is 9.67. The molecule has 0 unspecified atom stereocenters. The summed E-state index contributed by atoms with van der Waals surface area (Å²) in [5.74, 6) is -5.18. The van der Waals surface area contributed by atoms with Crippen LogP contribution in [0.25, 0.3) is 5.69 Å². The van der Waals surface area contributed by atoms with E-state index in [-0.39, 0.29) is 53.7 Å². The number of rotatable bonds is 6. The van der Waals surface area contributed by atoms with Crippen LogP contribution in [-0.4, -0.2) is 61.4 Å². The minimum Gasteiger partial charge on any atom is -0.493 e. The summed E-state index contributed by atoms with van der Waals surface area (Å²) in [7, 11) is -3.76. The van der Waals surface area contributed by atoms with Crippen molar-refractivity contribution in [1.29, 1.82) is 0 Å². The Hall–Kier alpha value is -4.21. The van der Waals surface area contributed by atoms with Crippen LogP contribution in [0, 0.1) is 11.6 Å². The van der Waals surface area contributed by atoms with Crippen molar-refractivity contribution in [3.8, 4) is 17.2 Å². The number of carbonyl (C=O) groups excluding carboxylic acids is 2. The molecule has 0 aliphatic carbocycles. The molecule has 2 amide bonds. The lowest BCUT2D eigenvalue weighted by Gasteiger charge is -2.41. The van der Waals surface area contributed by atoms with Crippen LogP contribution in [0.5, 0.6) is 11.5 Å². The van der Waals surface area contributed by atoms with E-state index in [1.54, 1.807) is 0 Å². The minimum atomic E-state index is -4.55. The maximum atomic E-state index is 14.1. The van der Waals surface area contributed by atoms with Crippen LogP contribution < -0.4 is 20.1 Å². The fourth-order valence-electron chi connectivity index (χ4n) is 4.82. The highest BCUT2D eigenvalue weighted by Gasteiger charge is 2.46. The molecule has 10 nitrogen and oxygen atoms in total. The van der Waals surface area contributed by atoms with Crippen LogP contribution >= 0.6 is 0 Å². The van der Waals surface area contributed by atoms with E-state index in [0.29, 0.717) is 5.56 Å². The highest BCUT2D eigenvalue weighted by atomic mass is 32.2. The molecule has 5 rings (SSSR count). The fourth-order valence-corrected chi connectivity index (χ4v) is 5.36. The number of sulfone groups is 1. The number of fused-ring (bicyclic) bond motifs is 3. The van der Waals surface area contributed by atoms with E-state index < -0.39 is 57.4 Å². The summed E-state index contributed by atoms with van der Waals surface area (Å²) < 4.78 is 100. The SMILES string of the molecule is CS(=O)(=O)CC(=O)Nc1c2c(nn1-c1ccc(F)c(F)c1)C[C@]1(CCOc3cc(OCC(F)(F)F)ccc31)NC2=O. The van der Waals surface area contributed by atoms with Gasteiger partial charge in [-0.05, 0) is 24.3 Å². The monoisotopic (exact) mass is 600 g/mol. The molecule has 1 atom stereocenters. The zero-order valence-electron chi connectivity index (χ0n) is 21.1. The van der Waals surface area contributed by atoms with Gasteiger partial charge in [0.25, 0.3) is 5.91 Å². The van der Waals surface area contributed by atoms with Gasteiger partial charge < -0.3 is 20.1 Å². The Kier molecular flexibility index (Phi) is 6.91. The minimum absolute atomic E-state index is 0.0127. The largest absolute Gasteiger partial charge is 0.493 e. The maximum Gasteiger partial charge on any atom is 0.422 e. The summed E-state index contributed by atoms with van der Waals surface area (Å²) >= 11 is 0. The average molecular weight is 601 g/mol. The Morgan fingerprint density at radius 2 is 1.95 bits per heavy atom. The van der Waals surface area contributed by atoms with Crippen molar-refractivity contribution in [3.63, 3.8) is 0 Å². The van der Waals surface area contributed by atoms with Crippen molar-refractivity contribution in [2.45, 2.75) is 24.6 Å². The molecule has 2 aromatic carbocycles. The topological polar surface area (TPSA) is 129 Å². The van der Waals surface area contributed by atoms with Crippen molar-refractivity contribution < 1.29 is 49.4 Å². The number of nitrogens with zero attached hydrogens (tertiary/aromatic N) is 2. The molecule has 1 spiro atoms. The predicted octanol–water partition coefficient (Wildman–Crippen LogP) is 3.04. The van der Waals surface area contributed by atoms with Gasteiger partial charge >= 0.3 is 6.18 Å². The van der Waals surface area contributed by atoms with E-state index in [4.69, 9.17) is 9.47 Å². The fraction of sp³-hybridized carbons (Fsp3) is 0.320. The van der Waals surface area contributed by atoms with Crippen LogP contribution in [-0.2, 0) is 26.6 Å². The van der Waals surface area contributed by atoms with Gasteiger partial charge in [-0.25, -0.2) is 21.9 Å². The van der Waals surface area contributed by atoms with E-state index in [0.717, 1.165) is 29.1 Å². The van der Waals surface area contributed by atoms with Crippen molar-refractivity contribution in [2.24, 2.45) is 0 Å². The van der Waals surface area contributed by atoms with Crippen molar-refractivity contribution in [2.75, 3.05) is 30.5 Å². The molecule has 2 aliphatic heterocycles. The number of ether oxygens (including phenoxy) is 2. The summed E-state index contributed by atoms with van der Waals surface area (Å²) in [6, 6.07) is 6.82. The van der Waals surface area contributed by atoms with Gasteiger partial charge in [0.2, 0.25) is 5.91 Å². The number of nitrogens with one attached hydrogen (secondary N) is 2. The third kappa shape index (κ3) is 5.82. The number of benzene rings is 2. The second-order valence-corrected chi connectivity index (χ2v) is 11.8. The zero-order valence-corrected chi connectivity index (χ0v) is 22.0. The second kappa shape index (κ2) is 10.0. The van der Waals surface area contributed by atoms with E-state index in [2.05, 4.69) is 15.7 Å². The first-order chi connectivity index (χ1) is 19.1. The van der Waals surface area contributed by atoms with Gasteiger partial charge in [0.1, 0.15) is 28.6 Å². The molecule has 0 radical (unpaired) electrons. The lowest BCUT2D eigenvalue weighted by atomic mass is 9.77. The molecule has 0 saturated carbocycles. The summed E-state index contributed by atoms with van der Waals surface area (Å²) in [5.41, 5.74) is -0.735. The Morgan fingerprint density at radius 3 is 2.63 bits per heavy atom. The molecule has 2 N–H and O–H groups in total. The van der Waals surface area contributed by atoms with Gasteiger partial charge in [-0.15, -0.1) is 0 Å². The highest BCUT2D eigenvalue weighted by Crippen LogP contribution is 2.44. The normalized spacial score (nSPS) is 18.2. The van der Waals surface area contributed by atoms with Crippen LogP contribution in [0.1, 0.15) is 28.0 Å². The smallest absolute Gasteiger partial charge is 0.422 e. The Balaban J connectivity index is 1.56. The number of hydrogen-bond acceptors (Lipinski definition) is 7. The summed E-state index contributed by atoms with van der Waals surface area (Å²) in [4.78, 5) is 26.1. The van der Waals surface area contributed by atoms with Crippen LogP contribution in [0.3, 0.4) is 0 Å². The molecule has 0 saturated heterocycles. The van der Waals surface area contributed by atoms with Gasteiger partial charge in [0.15, 0.2) is 28.1 Å². The third-order valence-corrected chi connectivity index (χ3v) is 7.25. The molecule has 16 heteroatoms.